The Kier molecular flexibility index (Phi) is 4.05. The fourth-order valence-electron chi connectivity index (χ4n) is 1.17. The molecule has 3 N–H and O–H groups in total. The number of carboxylic acids is 1. The van der Waals surface area contributed by atoms with E-state index in [1.807, 2.05) is 6.92 Å². The van der Waals surface area contributed by atoms with Crippen LogP contribution >= 0.6 is 0 Å². The molecular weight excluding hydrogens is 196 g/mol. The van der Waals surface area contributed by atoms with E-state index in [1.165, 1.54) is 6.07 Å². The molecule has 5 nitrogen and oxygen atoms in total. The summed E-state index contributed by atoms with van der Waals surface area (Å²) in [5.74, 6) is -0.486. The largest absolute Gasteiger partial charge is 0.478 e. The molecule has 0 radical (unpaired) electrons. The first-order valence-electron chi connectivity index (χ1n) is 4.76. The topological polar surface area (TPSA) is 82.5 Å². The van der Waals surface area contributed by atoms with Crippen LogP contribution in [-0.4, -0.2) is 34.3 Å². The summed E-state index contributed by atoms with van der Waals surface area (Å²) in [5.41, 5.74) is 0.928. The summed E-state index contributed by atoms with van der Waals surface area (Å²) in [7, 11) is 0. The van der Waals surface area contributed by atoms with Crippen molar-refractivity contribution in [3.63, 3.8) is 0 Å². The van der Waals surface area contributed by atoms with E-state index < -0.39 is 5.97 Å². The summed E-state index contributed by atoms with van der Waals surface area (Å²) in [6.45, 7) is 2.25. The lowest BCUT2D eigenvalue weighted by molar-refractivity contribution is 0.0696. The number of nitrogens with zero attached hydrogens (tertiary/aromatic N) is 1. The quantitative estimate of drug-likeness (QED) is 0.668. The minimum atomic E-state index is -0.973. The minimum absolute atomic E-state index is 0.0135. The van der Waals surface area contributed by atoms with E-state index in [0.29, 0.717) is 18.8 Å². The Morgan fingerprint density at radius 3 is 2.80 bits per heavy atom. The highest BCUT2D eigenvalue weighted by molar-refractivity contribution is 5.88. The SMILES string of the molecule is CCc1cc(C(=O)O)cc(NCCO)n1. The van der Waals surface area contributed by atoms with Crippen molar-refractivity contribution >= 4 is 11.8 Å². The number of hydrogen-bond acceptors (Lipinski definition) is 4. The monoisotopic (exact) mass is 210 g/mol. The van der Waals surface area contributed by atoms with Crippen LogP contribution in [0, 0.1) is 0 Å². The molecule has 1 heterocycles. The third kappa shape index (κ3) is 3.21. The molecule has 0 aromatic carbocycles. The van der Waals surface area contributed by atoms with Gasteiger partial charge in [0.2, 0.25) is 0 Å². The number of aliphatic hydroxyl groups is 1. The Labute approximate surface area is 87.8 Å². The maximum atomic E-state index is 10.8. The van der Waals surface area contributed by atoms with Crippen molar-refractivity contribution in [1.29, 1.82) is 0 Å². The summed E-state index contributed by atoms with van der Waals surface area (Å²) in [6.07, 6.45) is 0.676. The molecule has 1 aromatic rings. The molecule has 0 bridgehead atoms. The van der Waals surface area contributed by atoms with Crippen molar-refractivity contribution < 1.29 is 15.0 Å². The number of hydrogen-bond donors (Lipinski definition) is 3. The van der Waals surface area contributed by atoms with Crippen LogP contribution in [0.2, 0.25) is 0 Å². The fraction of sp³-hybridized carbons (Fsp3) is 0.400. The number of rotatable bonds is 5. The number of carboxylic acid groups (broad SMARTS) is 1. The first-order chi connectivity index (χ1) is 7.17. The van der Waals surface area contributed by atoms with Gasteiger partial charge in [0.25, 0.3) is 0 Å². The van der Waals surface area contributed by atoms with Gasteiger partial charge >= 0.3 is 5.97 Å². The molecular formula is C10H14N2O3. The Morgan fingerprint density at radius 2 is 2.27 bits per heavy atom. The van der Waals surface area contributed by atoms with Gasteiger partial charge in [0.15, 0.2) is 0 Å². The predicted octanol–water partition coefficient (Wildman–Crippen LogP) is 0.746. The molecule has 0 unspecified atom stereocenters. The molecule has 0 atom stereocenters. The number of aromatic nitrogens is 1. The highest BCUT2D eigenvalue weighted by atomic mass is 16.4. The Hall–Kier alpha value is -1.62. The third-order valence-electron chi connectivity index (χ3n) is 1.91. The number of aliphatic hydroxyl groups excluding tert-OH is 1. The molecule has 0 aliphatic heterocycles. The van der Waals surface area contributed by atoms with Crippen LogP contribution in [-0.2, 0) is 6.42 Å². The van der Waals surface area contributed by atoms with Crippen molar-refractivity contribution in [1.82, 2.24) is 4.98 Å². The Bertz CT molecular complexity index is 353. The summed E-state index contributed by atoms with van der Waals surface area (Å²) in [5, 5.41) is 20.3. The zero-order valence-corrected chi connectivity index (χ0v) is 8.53. The smallest absolute Gasteiger partial charge is 0.335 e. The Morgan fingerprint density at radius 1 is 1.53 bits per heavy atom. The molecule has 82 valence electrons. The van der Waals surface area contributed by atoms with Gasteiger partial charge < -0.3 is 15.5 Å². The highest BCUT2D eigenvalue weighted by Gasteiger charge is 2.07. The van der Waals surface area contributed by atoms with E-state index in [2.05, 4.69) is 10.3 Å². The van der Waals surface area contributed by atoms with Gasteiger partial charge in [0.05, 0.1) is 12.2 Å². The van der Waals surface area contributed by atoms with Gasteiger partial charge in [-0.25, -0.2) is 9.78 Å². The molecule has 1 rings (SSSR count). The van der Waals surface area contributed by atoms with E-state index in [9.17, 15) is 4.79 Å². The van der Waals surface area contributed by atoms with Crippen molar-refractivity contribution in [3.05, 3.63) is 23.4 Å². The van der Waals surface area contributed by atoms with Crippen LogP contribution in [0.15, 0.2) is 12.1 Å². The van der Waals surface area contributed by atoms with Gasteiger partial charge in [-0.3, -0.25) is 0 Å². The normalized spacial score (nSPS) is 10.0. The van der Waals surface area contributed by atoms with Gasteiger partial charge in [-0.1, -0.05) is 6.92 Å². The molecule has 0 fully saturated rings. The highest BCUT2D eigenvalue weighted by Crippen LogP contribution is 2.11. The van der Waals surface area contributed by atoms with Crippen LogP contribution in [0.5, 0.6) is 0 Å². The molecule has 15 heavy (non-hydrogen) atoms. The fourth-order valence-corrected chi connectivity index (χ4v) is 1.17. The van der Waals surface area contributed by atoms with Gasteiger partial charge in [-0.05, 0) is 18.6 Å². The lowest BCUT2D eigenvalue weighted by Gasteiger charge is -2.06. The summed E-state index contributed by atoms with van der Waals surface area (Å²) in [6, 6.07) is 3.00. The van der Waals surface area contributed by atoms with Crippen LogP contribution in [0.4, 0.5) is 5.82 Å². The van der Waals surface area contributed by atoms with Gasteiger partial charge in [-0.15, -0.1) is 0 Å². The molecule has 1 aromatic heterocycles. The Balaban J connectivity index is 2.95. The molecule has 0 spiro atoms. The minimum Gasteiger partial charge on any atom is -0.478 e. The van der Waals surface area contributed by atoms with E-state index in [4.69, 9.17) is 10.2 Å². The van der Waals surface area contributed by atoms with Crippen molar-refractivity contribution in [2.24, 2.45) is 0 Å². The average molecular weight is 210 g/mol. The lowest BCUT2D eigenvalue weighted by Crippen LogP contribution is -2.09. The number of aromatic carboxylic acids is 1. The molecule has 0 saturated heterocycles. The molecule has 5 heteroatoms. The van der Waals surface area contributed by atoms with Crippen LogP contribution < -0.4 is 5.32 Å². The van der Waals surface area contributed by atoms with E-state index in [1.54, 1.807) is 6.07 Å². The van der Waals surface area contributed by atoms with Crippen LogP contribution in [0.1, 0.15) is 23.0 Å². The summed E-state index contributed by atoms with van der Waals surface area (Å²) < 4.78 is 0. The second-order valence-corrected chi connectivity index (χ2v) is 3.04. The van der Waals surface area contributed by atoms with Crippen molar-refractivity contribution in [2.45, 2.75) is 13.3 Å². The number of pyridine rings is 1. The number of aryl methyl sites for hydroxylation is 1. The number of anilines is 1. The van der Waals surface area contributed by atoms with Crippen molar-refractivity contribution in [2.75, 3.05) is 18.5 Å². The third-order valence-corrected chi connectivity index (χ3v) is 1.91. The second kappa shape index (κ2) is 5.31. The van der Waals surface area contributed by atoms with Crippen molar-refractivity contribution in [3.8, 4) is 0 Å². The molecule has 0 aliphatic rings. The van der Waals surface area contributed by atoms with E-state index in [-0.39, 0.29) is 12.2 Å². The average Bonchev–Trinajstić information content (AvgIpc) is 2.25. The van der Waals surface area contributed by atoms with E-state index >= 15 is 0 Å². The first kappa shape index (κ1) is 11.5. The maximum absolute atomic E-state index is 10.8. The molecule has 0 aliphatic carbocycles. The van der Waals surface area contributed by atoms with Gasteiger partial charge in [0, 0.05) is 12.2 Å². The van der Waals surface area contributed by atoms with E-state index in [0.717, 1.165) is 5.69 Å². The zero-order chi connectivity index (χ0) is 11.3. The molecule has 0 amide bonds. The van der Waals surface area contributed by atoms with Crippen LogP contribution in [0.3, 0.4) is 0 Å². The summed E-state index contributed by atoms with van der Waals surface area (Å²) >= 11 is 0. The summed E-state index contributed by atoms with van der Waals surface area (Å²) in [4.78, 5) is 15.0. The number of carbonyl (C=O) groups is 1. The lowest BCUT2D eigenvalue weighted by atomic mass is 10.2. The second-order valence-electron chi connectivity index (χ2n) is 3.04. The maximum Gasteiger partial charge on any atom is 0.335 e. The zero-order valence-electron chi connectivity index (χ0n) is 8.53. The standard InChI is InChI=1S/C10H14N2O3/c1-2-8-5-7(10(14)15)6-9(12-8)11-3-4-13/h5-6,13H,2-4H2,1H3,(H,11,12)(H,14,15). The number of nitrogens with one attached hydrogen (secondary N) is 1. The van der Waals surface area contributed by atoms with Gasteiger partial charge in [-0.2, -0.15) is 0 Å². The van der Waals surface area contributed by atoms with Crippen LogP contribution in [0.25, 0.3) is 0 Å². The molecule has 0 saturated carbocycles. The predicted molar refractivity (Wildman–Crippen MR) is 56.1 cm³/mol. The van der Waals surface area contributed by atoms with Gasteiger partial charge in [0.1, 0.15) is 5.82 Å². The first-order valence-corrected chi connectivity index (χ1v) is 4.76.